The van der Waals surface area contributed by atoms with E-state index in [-0.39, 0.29) is 30.0 Å². The molecule has 0 aliphatic rings. The second-order valence-electron chi connectivity index (χ2n) is 5.14. The fraction of sp³-hybridized carbons (Fsp3) is 0.333. The van der Waals surface area contributed by atoms with E-state index in [0.29, 0.717) is 19.0 Å². The summed E-state index contributed by atoms with van der Waals surface area (Å²) in [5.41, 5.74) is 2.32. The van der Waals surface area contributed by atoms with Gasteiger partial charge in [0.1, 0.15) is 0 Å². The number of ether oxygens (including phenoxy) is 1. The topological polar surface area (TPSA) is 58.5 Å². The van der Waals surface area contributed by atoms with Crippen LogP contribution in [0.2, 0.25) is 0 Å². The van der Waals surface area contributed by atoms with Crippen molar-refractivity contribution in [3.05, 3.63) is 59.8 Å². The molecule has 0 aliphatic carbocycles. The van der Waals surface area contributed by atoms with Gasteiger partial charge in [0, 0.05) is 25.9 Å². The maximum Gasteiger partial charge on any atom is 0.213 e. The molecule has 1 aromatic carbocycles. The first-order valence-electron chi connectivity index (χ1n) is 7.82. The third kappa shape index (κ3) is 6.35. The van der Waals surface area contributed by atoms with Crippen molar-refractivity contribution < 1.29 is 4.74 Å². The normalized spacial score (nSPS) is 12.0. The van der Waals surface area contributed by atoms with E-state index in [9.17, 15) is 0 Å². The third-order valence-corrected chi connectivity index (χ3v) is 3.43. The minimum atomic E-state index is 0. The Hall–Kier alpha value is -1.83. The number of hydrogen-bond acceptors (Lipinski definition) is 3. The molecular formula is C18H25IN4O. The zero-order valence-corrected chi connectivity index (χ0v) is 16.7. The van der Waals surface area contributed by atoms with Crippen molar-refractivity contribution in [2.24, 2.45) is 4.99 Å². The molecule has 130 valence electrons. The second kappa shape index (κ2) is 10.9. The number of halogens is 1. The van der Waals surface area contributed by atoms with E-state index in [4.69, 9.17) is 4.74 Å². The molecule has 2 aromatic rings. The number of nitrogens with one attached hydrogen (secondary N) is 2. The zero-order valence-electron chi connectivity index (χ0n) is 14.3. The van der Waals surface area contributed by atoms with Gasteiger partial charge in [0.15, 0.2) is 5.96 Å². The van der Waals surface area contributed by atoms with Crippen molar-refractivity contribution in [3.63, 3.8) is 0 Å². The first-order valence-corrected chi connectivity index (χ1v) is 7.82. The Balaban J connectivity index is 0.00000288. The summed E-state index contributed by atoms with van der Waals surface area (Å²) in [5, 5.41) is 6.70. The molecule has 0 aliphatic heterocycles. The van der Waals surface area contributed by atoms with Gasteiger partial charge in [0.05, 0.1) is 12.6 Å². The molecule has 0 amide bonds. The number of nitrogens with zero attached hydrogens (tertiary/aromatic N) is 2. The summed E-state index contributed by atoms with van der Waals surface area (Å²) >= 11 is 0. The smallest absolute Gasteiger partial charge is 0.213 e. The lowest BCUT2D eigenvalue weighted by Gasteiger charge is -2.18. The quantitative estimate of drug-likeness (QED) is 0.410. The molecule has 0 radical (unpaired) electrons. The Bertz CT molecular complexity index is 634. The van der Waals surface area contributed by atoms with Gasteiger partial charge >= 0.3 is 0 Å². The fourth-order valence-corrected chi connectivity index (χ4v) is 2.20. The van der Waals surface area contributed by atoms with E-state index in [2.05, 4.69) is 39.7 Å². The van der Waals surface area contributed by atoms with E-state index in [1.807, 2.05) is 37.3 Å². The van der Waals surface area contributed by atoms with Gasteiger partial charge in [-0.2, -0.15) is 0 Å². The predicted octanol–water partition coefficient (Wildman–Crippen LogP) is 3.52. The summed E-state index contributed by atoms with van der Waals surface area (Å²) in [5.74, 6) is 1.41. The highest BCUT2D eigenvalue weighted by atomic mass is 127. The third-order valence-electron chi connectivity index (χ3n) is 3.43. The predicted molar refractivity (Wildman–Crippen MR) is 109 cm³/mol. The zero-order chi connectivity index (χ0) is 16.5. The average Bonchev–Trinajstić information content (AvgIpc) is 2.60. The molecule has 0 spiro atoms. The summed E-state index contributed by atoms with van der Waals surface area (Å²) in [6.07, 6.45) is 1.75. The van der Waals surface area contributed by atoms with Crippen molar-refractivity contribution >= 4 is 29.9 Å². The van der Waals surface area contributed by atoms with Crippen LogP contribution in [0.15, 0.2) is 53.7 Å². The lowest BCUT2D eigenvalue weighted by molar-refractivity contribution is 0.326. The minimum Gasteiger partial charge on any atom is -0.478 e. The van der Waals surface area contributed by atoms with Crippen molar-refractivity contribution in [1.82, 2.24) is 15.6 Å². The van der Waals surface area contributed by atoms with Gasteiger partial charge < -0.3 is 15.4 Å². The molecule has 1 unspecified atom stereocenters. The van der Waals surface area contributed by atoms with Crippen LogP contribution in [-0.2, 0) is 6.54 Å². The lowest BCUT2D eigenvalue weighted by atomic mass is 10.1. The molecule has 0 fully saturated rings. The van der Waals surface area contributed by atoms with E-state index < -0.39 is 0 Å². The van der Waals surface area contributed by atoms with Crippen LogP contribution in [0.5, 0.6) is 5.88 Å². The Labute approximate surface area is 161 Å². The first-order chi connectivity index (χ1) is 11.2. The number of aromatic nitrogens is 1. The summed E-state index contributed by atoms with van der Waals surface area (Å²) < 4.78 is 5.42. The SMILES string of the molecule is CCOc1cc(CNC(=NC)NC(C)c2ccccc2)ccn1.I. The van der Waals surface area contributed by atoms with Crippen molar-refractivity contribution in [2.75, 3.05) is 13.7 Å². The highest BCUT2D eigenvalue weighted by molar-refractivity contribution is 14.0. The monoisotopic (exact) mass is 440 g/mol. The van der Waals surface area contributed by atoms with E-state index in [0.717, 1.165) is 11.5 Å². The summed E-state index contributed by atoms with van der Waals surface area (Å²) in [6.45, 7) is 5.33. The standard InChI is InChI=1S/C18H24N4O.HI/c1-4-23-17-12-15(10-11-20-17)13-21-18(19-3)22-14(2)16-8-6-5-7-9-16;/h5-12,14H,4,13H2,1-3H3,(H2,19,21,22);1H. The number of pyridine rings is 1. The number of aliphatic imine (C=N–C) groups is 1. The van der Waals surface area contributed by atoms with Gasteiger partial charge in [-0.25, -0.2) is 4.98 Å². The highest BCUT2D eigenvalue weighted by Crippen LogP contribution is 2.11. The summed E-state index contributed by atoms with van der Waals surface area (Å²) in [7, 11) is 1.77. The largest absolute Gasteiger partial charge is 0.478 e. The Morgan fingerprint density at radius 2 is 2.00 bits per heavy atom. The van der Waals surface area contributed by atoms with Crippen LogP contribution in [-0.4, -0.2) is 24.6 Å². The molecular weight excluding hydrogens is 415 g/mol. The van der Waals surface area contributed by atoms with E-state index >= 15 is 0 Å². The Morgan fingerprint density at radius 3 is 2.67 bits per heavy atom. The highest BCUT2D eigenvalue weighted by Gasteiger charge is 2.07. The van der Waals surface area contributed by atoms with Crippen LogP contribution in [0.1, 0.15) is 31.0 Å². The number of guanidine groups is 1. The summed E-state index contributed by atoms with van der Waals surface area (Å²) in [4.78, 5) is 8.44. The molecule has 2 N–H and O–H groups in total. The summed E-state index contributed by atoms with van der Waals surface area (Å²) in [6, 6.07) is 14.4. The molecule has 1 atom stereocenters. The van der Waals surface area contributed by atoms with Crippen LogP contribution in [0.3, 0.4) is 0 Å². The van der Waals surface area contributed by atoms with Crippen LogP contribution < -0.4 is 15.4 Å². The fourth-order valence-electron chi connectivity index (χ4n) is 2.20. The van der Waals surface area contributed by atoms with Crippen molar-refractivity contribution in [1.29, 1.82) is 0 Å². The van der Waals surface area contributed by atoms with Crippen molar-refractivity contribution in [3.8, 4) is 5.88 Å². The maximum absolute atomic E-state index is 5.42. The molecule has 1 heterocycles. The first kappa shape index (κ1) is 20.2. The van der Waals surface area contributed by atoms with Crippen molar-refractivity contribution in [2.45, 2.75) is 26.4 Å². The molecule has 0 saturated heterocycles. The number of rotatable bonds is 6. The molecule has 5 nitrogen and oxygen atoms in total. The van der Waals surface area contributed by atoms with E-state index in [1.165, 1.54) is 5.56 Å². The van der Waals surface area contributed by atoms with Crippen LogP contribution in [0, 0.1) is 0 Å². The number of benzene rings is 1. The molecule has 0 bridgehead atoms. The minimum absolute atomic E-state index is 0. The van der Waals surface area contributed by atoms with Crippen LogP contribution in [0.4, 0.5) is 0 Å². The Kier molecular flexibility index (Phi) is 9.14. The molecule has 6 heteroatoms. The van der Waals surface area contributed by atoms with Crippen LogP contribution in [0.25, 0.3) is 0 Å². The second-order valence-corrected chi connectivity index (χ2v) is 5.14. The van der Waals surface area contributed by atoms with Gasteiger partial charge in [-0.15, -0.1) is 24.0 Å². The average molecular weight is 440 g/mol. The Morgan fingerprint density at radius 1 is 1.25 bits per heavy atom. The van der Waals surface area contributed by atoms with E-state index in [1.54, 1.807) is 13.2 Å². The lowest BCUT2D eigenvalue weighted by Crippen LogP contribution is -2.38. The number of hydrogen-bond donors (Lipinski definition) is 2. The van der Waals surface area contributed by atoms with Crippen LogP contribution >= 0.6 is 24.0 Å². The molecule has 24 heavy (non-hydrogen) atoms. The molecule has 0 saturated carbocycles. The molecule has 2 rings (SSSR count). The maximum atomic E-state index is 5.42. The van der Waals surface area contributed by atoms with Gasteiger partial charge in [-0.05, 0) is 31.0 Å². The van der Waals surface area contributed by atoms with Gasteiger partial charge in [0.2, 0.25) is 5.88 Å². The van der Waals surface area contributed by atoms with Gasteiger partial charge in [0.25, 0.3) is 0 Å². The van der Waals surface area contributed by atoms with Gasteiger partial charge in [-0.1, -0.05) is 30.3 Å². The van der Waals surface area contributed by atoms with Gasteiger partial charge in [-0.3, -0.25) is 4.99 Å². The molecule has 1 aromatic heterocycles.